The average Bonchev–Trinajstić information content (AvgIpc) is 3.41. The van der Waals surface area contributed by atoms with Gasteiger partial charge in [-0.15, -0.1) is 0 Å². The van der Waals surface area contributed by atoms with Crippen molar-refractivity contribution in [1.29, 1.82) is 0 Å². The van der Waals surface area contributed by atoms with Gasteiger partial charge in [0.25, 0.3) is 0 Å². The van der Waals surface area contributed by atoms with Gasteiger partial charge >= 0.3 is 0 Å². The van der Waals surface area contributed by atoms with Gasteiger partial charge in [-0.2, -0.15) is 0 Å². The summed E-state index contributed by atoms with van der Waals surface area (Å²) in [6, 6.07) is 12.1. The van der Waals surface area contributed by atoms with Crippen molar-refractivity contribution >= 4 is 29.4 Å². The molecule has 150 valence electrons. The highest BCUT2D eigenvalue weighted by molar-refractivity contribution is 6.23. The molecule has 2 fully saturated rings. The first kappa shape index (κ1) is 17.4. The van der Waals surface area contributed by atoms with Gasteiger partial charge in [0.2, 0.25) is 18.6 Å². The highest BCUT2D eigenvalue weighted by atomic mass is 16.7. The Morgan fingerprint density at radius 3 is 2.63 bits per heavy atom. The minimum absolute atomic E-state index is 0.0831. The third-order valence-corrected chi connectivity index (χ3v) is 6.67. The monoisotopic (exact) mass is 403 g/mol. The van der Waals surface area contributed by atoms with Crippen LogP contribution in [0.2, 0.25) is 0 Å². The zero-order valence-corrected chi connectivity index (χ0v) is 16.2. The Kier molecular flexibility index (Phi) is 3.50. The zero-order chi connectivity index (χ0) is 20.6. The number of nitrogens with one attached hydrogen (secondary N) is 1. The molecule has 1 N–H and O–H groups in total. The van der Waals surface area contributed by atoms with Gasteiger partial charge in [0.1, 0.15) is 17.9 Å². The summed E-state index contributed by atoms with van der Waals surface area (Å²) in [7, 11) is 0. The summed E-state index contributed by atoms with van der Waals surface area (Å²) in [5.41, 5.74) is 2.48. The van der Waals surface area contributed by atoms with Crippen molar-refractivity contribution in [1.82, 2.24) is 0 Å². The second-order valence-corrected chi connectivity index (χ2v) is 8.13. The number of Topliss-reactive ketones (excluding diaryl/α,β-unsaturated/α-hetero) is 1. The predicted octanol–water partition coefficient (Wildman–Crippen LogP) is 1.10. The summed E-state index contributed by atoms with van der Waals surface area (Å²) in [5.74, 6) is -0.848. The molecule has 0 spiro atoms. The van der Waals surface area contributed by atoms with Crippen LogP contribution in [-0.2, 0) is 14.4 Å². The van der Waals surface area contributed by atoms with E-state index in [0.717, 1.165) is 16.0 Å². The normalized spacial score (nSPS) is 30.3. The number of benzene rings is 2. The summed E-state index contributed by atoms with van der Waals surface area (Å²) in [5, 5.41) is 0. The van der Waals surface area contributed by atoms with E-state index in [1.54, 1.807) is 18.2 Å². The Morgan fingerprint density at radius 2 is 1.80 bits per heavy atom. The number of rotatable bonds is 2. The minimum Gasteiger partial charge on any atom is -0.454 e. The third kappa shape index (κ3) is 2.15. The number of hydrogen-bond donors (Lipinski definition) is 1. The van der Waals surface area contributed by atoms with Crippen LogP contribution in [-0.4, -0.2) is 30.4 Å². The van der Waals surface area contributed by atoms with Gasteiger partial charge in [-0.25, -0.2) is 4.90 Å². The van der Waals surface area contributed by atoms with Gasteiger partial charge in [-0.05, 0) is 23.8 Å². The molecule has 1 unspecified atom stereocenters. The summed E-state index contributed by atoms with van der Waals surface area (Å²) >= 11 is 0. The van der Waals surface area contributed by atoms with Crippen LogP contribution in [0.4, 0.5) is 5.69 Å². The highest BCUT2D eigenvalue weighted by Crippen LogP contribution is 2.46. The van der Waals surface area contributed by atoms with Gasteiger partial charge in [0, 0.05) is 18.6 Å². The molecule has 2 aromatic carbocycles. The van der Waals surface area contributed by atoms with E-state index in [9.17, 15) is 14.4 Å². The molecule has 0 bridgehead atoms. The van der Waals surface area contributed by atoms with E-state index >= 15 is 0 Å². The van der Waals surface area contributed by atoms with Crippen LogP contribution in [0.5, 0.6) is 11.5 Å². The molecule has 4 heterocycles. The molecule has 0 aliphatic carbocycles. The number of quaternary nitrogens is 1. The summed E-state index contributed by atoms with van der Waals surface area (Å²) in [6.07, 6.45) is 3.91. The average molecular weight is 403 g/mol. The smallest absolute Gasteiger partial charge is 0.244 e. The number of anilines is 1. The summed E-state index contributed by atoms with van der Waals surface area (Å²) < 4.78 is 10.8. The SMILES string of the molecule is CC(=O)[C@@H]1[C@@H]2C(=O)N(c3ccc4c(c3)OCO4)C(=O)[C@@H]2[C@H]2c3ccccc3C=C[NH+]12. The van der Waals surface area contributed by atoms with Crippen LogP contribution in [0.15, 0.2) is 48.7 Å². The van der Waals surface area contributed by atoms with Crippen molar-refractivity contribution in [2.45, 2.75) is 19.0 Å². The van der Waals surface area contributed by atoms with Crippen molar-refractivity contribution in [3.05, 3.63) is 59.8 Å². The molecule has 0 saturated carbocycles. The Bertz CT molecular complexity index is 1160. The van der Waals surface area contributed by atoms with E-state index in [0.29, 0.717) is 17.2 Å². The summed E-state index contributed by atoms with van der Waals surface area (Å²) in [4.78, 5) is 41.9. The molecule has 2 aromatic rings. The van der Waals surface area contributed by atoms with Gasteiger partial charge in [0.15, 0.2) is 23.3 Å². The number of amides is 2. The van der Waals surface area contributed by atoms with Crippen LogP contribution < -0.4 is 19.3 Å². The topological polar surface area (TPSA) is 77.3 Å². The minimum atomic E-state index is -0.684. The maximum absolute atomic E-state index is 13.6. The van der Waals surface area contributed by atoms with Crippen LogP contribution in [0, 0.1) is 11.8 Å². The number of fused-ring (bicyclic) bond motifs is 6. The Morgan fingerprint density at radius 1 is 1.03 bits per heavy atom. The van der Waals surface area contributed by atoms with E-state index < -0.39 is 17.9 Å². The van der Waals surface area contributed by atoms with E-state index in [2.05, 4.69) is 0 Å². The summed E-state index contributed by atoms with van der Waals surface area (Å²) in [6.45, 7) is 1.62. The molecule has 4 aliphatic rings. The van der Waals surface area contributed by atoms with Crippen molar-refractivity contribution < 1.29 is 28.8 Å². The zero-order valence-electron chi connectivity index (χ0n) is 16.2. The van der Waals surface area contributed by atoms with Gasteiger partial charge in [-0.3, -0.25) is 19.3 Å². The van der Waals surface area contributed by atoms with Crippen molar-refractivity contribution in [2.75, 3.05) is 11.7 Å². The Labute approximate surface area is 172 Å². The lowest BCUT2D eigenvalue weighted by Crippen LogP contribution is -3.12. The number of carbonyl (C=O) groups is 3. The van der Waals surface area contributed by atoms with Crippen molar-refractivity contribution in [2.24, 2.45) is 11.8 Å². The molecule has 2 amide bonds. The maximum Gasteiger partial charge on any atom is 0.244 e. The second kappa shape index (κ2) is 6.03. The number of ketones is 1. The van der Waals surface area contributed by atoms with Crippen LogP contribution in [0.1, 0.15) is 24.1 Å². The molecule has 2 saturated heterocycles. The molecule has 0 aromatic heterocycles. The maximum atomic E-state index is 13.6. The van der Waals surface area contributed by atoms with Gasteiger partial charge in [-0.1, -0.05) is 24.3 Å². The third-order valence-electron chi connectivity index (χ3n) is 6.67. The van der Waals surface area contributed by atoms with Gasteiger partial charge < -0.3 is 9.47 Å². The van der Waals surface area contributed by atoms with Crippen molar-refractivity contribution in [3.8, 4) is 11.5 Å². The van der Waals surface area contributed by atoms with Crippen molar-refractivity contribution in [3.63, 3.8) is 0 Å². The lowest BCUT2D eigenvalue weighted by atomic mass is 9.84. The van der Waals surface area contributed by atoms with Crippen LogP contribution in [0.25, 0.3) is 6.08 Å². The van der Waals surface area contributed by atoms with E-state index in [1.807, 2.05) is 36.5 Å². The Hall–Kier alpha value is -3.45. The Balaban J connectivity index is 1.47. The lowest BCUT2D eigenvalue weighted by Gasteiger charge is -2.30. The molecular formula is C23H19N2O5+. The first-order chi connectivity index (χ1) is 14.6. The van der Waals surface area contributed by atoms with E-state index in [-0.39, 0.29) is 30.4 Å². The van der Waals surface area contributed by atoms with E-state index in [4.69, 9.17) is 9.47 Å². The van der Waals surface area contributed by atoms with Gasteiger partial charge in [0.05, 0.1) is 11.9 Å². The molecule has 6 rings (SSSR count). The number of ether oxygens (including phenoxy) is 2. The number of carbonyl (C=O) groups excluding carboxylic acids is 3. The standard InChI is InChI=1S/C23H18N2O5/c1-12(26)20-18-19(21-15-5-3-2-4-13(15)8-9-24(20)21)23(28)25(22(18)27)14-6-7-16-17(10-14)30-11-29-16/h2-10,18-21H,11H2,1H3/p+1/t18-,19+,20-,21-/m1/s1. The first-order valence-corrected chi connectivity index (χ1v) is 9.98. The van der Waals surface area contributed by atoms with E-state index in [1.165, 1.54) is 11.8 Å². The molecule has 0 radical (unpaired) electrons. The van der Waals surface area contributed by atoms with Crippen LogP contribution in [0.3, 0.4) is 0 Å². The molecule has 7 heteroatoms. The molecule has 5 atom stereocenters. The lowest BCUT2D eigenvalue weighted by molar-refractivity contribution is -0.884. The fourth-order valence-electron chi connectivity index (χ4n) is 5.50. The molecule has 30 heavy (non-hydrogen) atoms. The highest BCUT2D eigenvalue weighted by Gasteiger charge is 2.67. The molecule has 7 nitrogen and oxygen atoms in total. The quantitative estimate of drug-likeness (QED) is 0.760. The molecule has 4 aliphatic heterocycles. The molecular weight excluding hydrogens is 384 g/mol. The number of nitrogens with zero attached hydrogens (tertiary/aromatic N) is 1. The fraction of sp³-hybridized carbons (Fsp3) is 0.261. The number of imide groups is 1. The largest absolute Gasteiger partial charge is 0.454 e. The fourth-order valence-corrected chi connectivity index (χ4v) is 5.50. The first-order valence-electron chi connectivity index (χ1n) is 9.98. The van der Waals surface area contributed by atoms with Crippen LogP contribution >= 0.6 is 0 Å². The number of hydrogen-bond acceptors (Lipinski definition) is 5. The second-order valence-electron chi connectivity index (χ2n) is 8.13. The predicted molar refractivity (Wildman–Crippen MR) is 106 cm³/mol.